The maximum atomic E-state index is 14.3. The number of amides is 3. The number of aromatic nitrogens is 2. The van der Waals surface area contributed by atoms with Crippen LogP contribution in [0.4, 0.5) is 0 Å². The number of benzene rings is 2. The van der Waals surface area contributed by atoms with E-state index in [-0.39, 0.29) is 31.1 Å². The van der Waals surface area contributed by atoms with Crippen LogP contribution in [0.2, 0.25) is 0 Å². The highest BCUT2D eigenvalue weighted by Crippen LogP contribution is 2.29. The third kappa shape index (κ3) is 10.4. The number of rotatable bonds is 15. The SMILES string of the molecule is CC(C)OC(=O)[C@H](O)[C@H](CC1CCCCC1)NC(=O)[C@@H](Cc1cnc[nH]1)NC(=O)[C@@H](CC(=O)N1CCOCC1)Cc1cccc2ccccc12. The van der Waals surface area contributed by atoms with E-state index in [1.54, 1.807) is 24.9 Å². The van der Waals surface area contributed by atoms with Crippen molar-refractivity contribution >= 4 is 34.5 Å². The zero-order valence-corrected chi connectivity index (χ0v) is 29.1. The lowest BCUT2D eigenvalue weighted by molar-refractivity contribution is -0.159. The van der Waals surface area contributed by atoms with Crippen molar-refractivity contribution in [1.82, 2.24) is 25.5 Å². The Balaban J connectivity index is 1.39. The third-order valence-electron chi connectivity index (χ3n) is 9.73. The second-order valence-electron chi connectivity index (χ2n) is 13.9. The molecule has 0 unspecified atom stereocenters. The molecule has 1 saturated heterocycles. The number of hydrogen-bond donors (Lipinski definition) is 4. The number of hydrogen-bond acceptors (Lipinski definition) is 8. The molecule has 1 saturated carbocycles. The van der Waals surface area contributed by atoms with E-state index in [4.69, 9.17) is 9.47 Å². The summed E-state index contributed by atoms with van der Waals surface area (Å²) < 4.78 is 10.7. The summed E-state index contributed by atoms with van der Waals surface area (Å²) in [7, 11) is 0. The van der Waals surface area contributed by atoms with Crippen molar-refractivity contribution in [1.29, 1.82) is 0 Å². The van der Waals surface area contributed by atoms with Gasteiger partial charge in [-0.15, -0.1) is 0 Å². The van der Waals surface area contributed by atoms with E-state index in [1.807, 2.05) is 42.5 Å². The molecule has 3 aromatic rings. The van der Waals surface area contributed by atoms with Crippen LogP contribution in [-0.4, -0.2) is 94.3 Å². The molecule has 12 heteroatoms. The van der Waals surface area contributed by atoms with Crippen LogP contribution >= 0.6 is 0 Å². The molecule has 4 N–H and O–H groups in total. The van der Waals surface area contributed by atoms with E-state index in [0.717, 1.165) is 48.4 Å². The Bertz CT molecular complexity index is 1560. The lowest BCUT2D eigenvalue weighted by atomic mass is 9.83. The number of ether oxygens (including phenoxy) is 2. The maximum absolute atomic E-state index is 14.3. The van der Waals surface area contributed by atoms with Crippen LogP contribution in [0.25, 0.3) is 10.8 Å². The van der Waals surface area contributed by atoms with E-state index in [1.165, 1.54) is 6.33 Å². The molecule has 0 radical (unpaired) electrons. The van der Waals surface area contributed by atoms with Gasteiger partial charge in [-0.25, -0.2) is 9.78 Å². The Morgan fingerprint density at radius 2 is 1.72 bits per heavy atom. The number of nitrogens with zero attached hydrogens (tertiary/aromatic N) is 2. The fourth-order valence-corrected chi connectivity index (χ4v) is 7.06. The van der Waals surface area contributed by atoms with Gasteiger partial charge in [0.25, 0.3) is 0 Å². The first-order valence-corrected chi connectivity index (χ1v) is 18.0. The second kappa shape index (κ2) is 18.1. The molecule has 3 amide bonds. The van der Waals surface area contributed by atoms with Gasteiger partial charge < -0.3 is 35.1 Å². The fourth-order valence-electron chi connectivity index (χ4n) is 7.06. The van der Waals surface area contributed by atoms with Gasteiger partial charge in [-0.05, 0) is 48.9 Å². The van der Waals surface area contributed by atoms with E-state index < -0.39 is 48.0 Å². The van der Waals surface area contributed by atoms with Gasteiger partial charge in [0.2, 0.25) is 17.7 Å². The molecule has 1 aliphatic carbocycles. The zero-order chi connectivity index (χ0) is 35.5. The summed E-state index contributed by atoms with van der Waals surface area (Å²) >= 11 is 0. The lowest BCUT2D eigenvalue weighted by Gasteiger charge is -2.31. The highest BCUT2D eigenvalue weighted by atomic mass is 16.6. The minimum absolute atomic E-state index is 0.0441. The van der Waals surface area contributed by atoms with Crippen molar-refractivity contribution in [2.24, 2.45) is 11.8 Å². The molecule has 1 aliphatic heterocycles. The van der Waals surface area contributed by atoms with Gasteiger partial charge in [-0.2, -0.15) is 0 Å². The van der Waals surface area contributed by atoms with E-state index in [0.29, 0.717) is 38.4 Å². The Morgan fingerprint density at radius 1 is 0.980 bits per heavy atom. The van der Waals surface area contributed by atoms with Crippen LogP contribution in [0.5, 0.6) is 0 Å². The van der Waals surface area contributed by atoms with Crippen molar-refractivity contribution in [3.05, 3.63) is 66.2 Å². The molecule has 270 valence electrons. The molecule has 2 heterocycles. The molecule has 0 bridgehead atoms. The Labute approximate surface area is 293 Å². The molecule has 2 aliphatic rings. The summed E-state index contributed by atoms with van der Waals surface area (Å²) in [4.78, 5) is 63.6. The number of imidazole rings is 1. The van der Waals surface area contributed by atoms with Crippen LogP contribution < -0.4 is 10.6 Å². The standard InChI is InChI=1S/C38H51N5O7/c1-25(2)50-38(48)35(45)32(19-26-9-4-3-5-10-26)41-37(47)33(22-30-23-39-24-40-30)42-36(46)29(21-34(44)43-15-17-49-18-16-43)20-28-13-8-12-27-11-6-7-14-31(27)28/h6-8,11-14,23-26,29,32-33,35,45H,3-5,9-10,15-22H2,1-2H3,(H,39,40)(H,41,47)(H,42,46)/t29-,32+,33-,35-/m1/s1. The number of aliphatic hydroxyl groups excluding tert-OH is 1. The number of fused-ring (bicyclic) bond motifs is 1. The predicted octanol–water partition coefficient (Wildman–Crippen LogP) is 3.47. The first-order chi connectivity index (χ1) is 24.2. The summed E-state index contributed by atoms with van der Waals surface area (Å²) in [5.41, 5.74) is 1.54. The summed E-state index contributed by atoms with van der Waals surface area (Å²) in [6.45, 7) is 5.20. The summed E-state index contributed by atoms with van der Waals surface area (Å²) in [6.07, 6.45) is 6.92. The normalized spacial score (nSPS) is 17.9. The minimum Gasteiger partial charge on any atom is -0.461 e. The van der Waals surface area contributed by atoms with Gasteiger partial charge in [0.1, 0.15) is 6.04 Å². The van der Waals surface area contributed by atoms with Crippen molar-refractivity contribution in [3.63, 3.8) is 0 Å². The van der Waals surface area contributed by atoms with Crippen molar-refractivity contribution in [2.75, 3.05) is 26.3 Å². The number of aromatic amines is 1. The lowest BCUT2D eigenvalue weighted by Crippen LogP contribution is -2.56. The Morgan fingerprint density at radius 3 is 2.44 bits per heavy atom. The molecular weight excluding hydrogens is 638 g/mol. The van der Waals surface area contributed by atoms with Crippen molar-refractivity contribution < 1.29 is 33.8 Å². The monoisotopic (exact) mass is 689 g/mol. The van der Waals surface area contributed by atoms with Crippen LogP contribution in [0.15, 0.2) is 55.0 Å². The predicted molar refractivity (Wildman–Crippen MR) is 188 cm³/mol. The number of carbonyl (C=O) groups excluding carboxylic acids is 4. The van der Waals surface area contributed by atoms with Crippen LogP contribution in [0, 0.1) is 11.8 Å². The number of carbonyl (C=O) groups is 4. The summed E-state index contributed by atoms with van der Waals surface area (Å²) in [6, 6.07) is 11.8. The number of morpholine rings is 1. The first-order valence-electron chi connectivity index (χ1n) is 18.0. The Hall–Kier alpha value is -4.29. The molecule has 5 rings (SSSR count). The van der Waals surface area contributed by atoms with Crippen LogP contribution in [0.1, 0.15) is 70.1 Å². The molecule has 2 fully saturated rings. The van der Waals surface area contributed by atoms with Crippen molar-refractivity contribution in [2.45, 2.75) is 95.9 Å². The van der Waals surface area contributed by atoms with Crippen LogP contribution in [0.3, 0.4) is 0 Å². The average molecular weight is 690 g/mol. The van der Waals surface area contributed by atoms with E-state index >= 15 is 0 Å². The third-order valence-corrected chi connectivity index (χ3v) is 9.73. The number of nitrogens with one attached hydrogen (secondary N) is 3. The van der Waals surface area contributed by atoms with E-state index in [9.17, 15) is 24.3 Å². The van der Waals surface area contributed by atoms with Gasteiger partial charge in [-0.1, -0.05) is 74.6 Å². The number of aliphatic hydroxyl groups is 1. The molecule has 4 atom stereocenters. The van der Waals surface area contributed by atoms with Gasteiger partial charge >= 0.3 is 5.97 Å². The van der Waals surface area contributed by atoms with Gasteiger partial charge in [-0.3, -0.25) is 14.4 Å². The molecule has 1 aromatic heterocycles. The Kier molecular flexibility index (Phi) is 13.4. The highest BCUT2D eigenvalue weighted by molar-refractivity contribution is 5.92. The molecular formula is C38H51N5O7. The molecule has 12 nitrogen and oxygen atoms in total. The average Bonchev–Trinajstić information content (AvgIpc) is 3.64. The van der Waals surface area contributed by atoms with Gasteiger partial charge in [0.15, 0.2) is 6.10 Å². The van der Waals surface area contributed by atoms with Gasteiger partial charge in [0.05, 0.1) is 37.6 Å². The quantitative estimate of drug-likeness (QED) is 0.176. The second-order valence-corrected chi connectivity index (χ2v) is 13.9. The highest BCUT2D eigenvalue weighted by Gasteiger charge is 2.35. The molecule has 0 spiro atoms. The molecule has 2 aromatic carbocycles. The minimum atomic E-state index is -1.57. The maximum Gasteiger partial charge on any atom is 0.337 e. The van der Waals surface area contributed by atoms with Crippen molar-refractivity contribution in [3.8, 4) is 0 Å². The summed E-state index contributed by atoms with van der Waals surface area (Å²) in [5, 5.41) is 19.0. The number of H-pyrrole nitrogens is 1. The number of esters is 1. The smallest absolute Gasteiger partial charge is 0.337 e. The molecule has 50 heavy (non-hydrogen) atoms. The van der Waals surface area contributed by atoms with Crippen LogP contribution in [-0.2, 0) is 41.5 Å². The fraction of sp³-hybridized carbons (Fsp3) is 0.553. The zero-order valence-electron chi connectivity index (χ0n) is 29.1. The summed E-state index contributed by atoms with van der Waals surface area (Å²) in [5.74, 6) is -2.49. The largest absolute Gasteiger partial charge is 0.461 e. The van der Waals surface area contributed by atoms with Gasteiger partial charge in [0, 0.05) is 37.8 Å². The first kappa shape index (κ1) is 37.0. The van der Waals surface area contributed by atoms with E-state index in [2.05, 4.69) is 20.6 Å². The topological polar surface area (TPSA) is 163 Å².